The zero-order valence-corrected chi connectivity index (χ0v) is 9.68. The fourth-order valence-corrected chi connectivity index (χ4v) is 2.48. The third-order valence-electron chi connectivity index (χ3n) is 2.69. The molecule has 0 amide bonds. The molecule has 0 aromatic carbocycles. The van der Waals surface area contributed by atoms with Gasteiger partial charge in [0.15, 0.2) is 0 Å². The first kappa shape index (κ1) is 12.6. The summed E-state index contributed by atoms with van der Waals surface area (Å²) in [6, 6.07) is 0.0763. The van der Waals surface area contributed by atoms with Crippen LogP contribution >= 0.6 is 11.3 Å². The van der Waals surface area contributed by atoms with Crippen molar-refractivity contribution in [2.45, 2.75) is 44.0 Å². The minimum Gasteiger partial charge on any atom is -0.393 e. The number of halogens is 3. The van der Waals surface area contributed by atoms with Crippen molar-refractivity contribution in [3.05, 3.63) is 5.01 Å². The third kappa shape index (κ3) is 3.29. The molecule has 0 bridgehead atoms. The highest BCUT2D eigenvalue weighted by atomic mass is 32.1. The average Bonchev–Trinajstić information content (AvgIpc) is 2.69. The van der Waals surface area contributed by atoms with Crippen LogP contribution in [0, 0.1) is 0 Å². The van der Waals surface area contributed by atoms with Crippen molar-refractivity contribution >= 4 is 16.5 Å². The van der Waals surface area contributed by atoms with Crippen LogP contribution in [0.25, 0.3) is 0 Å². The van der Waals surface area contributed by atoms with E-state index in [2.05, 4.69) is 15.5 Å². The van der Waals surface area contributed by atoms with Crippen molar-refractivity contribution in [2.75, 3.05) is 5.32 Å². The summed E-state index contributed by atoms with van der Waals surface area (Å²) in [5.41, 5.74) is 0. The Morgan fingerprint density at radius 2 is 1.82 bits per heavy atom. The van der Waals surface area contributed by atoms with Crippen LogP contribution in [0.4, 0.5) is 18.3 Å². The molecule has 17 heavy (non-hydrogen) atoms. The number of nitrogens with one attached hydrogen (secondary N) is 1. The fraction of sp³-hybridized carbons (Fsp3) is 0.778. The Morgan fingerprint density at radius 1 is 1.18 bits per heavy atom. The quantitative estimate of drug-likeness (QED) is 0.863. The van der Waals surface area contributed by atoms with Gasteiger partial charge in [0.2, 0.25) is 10.1 Å². The molecule has 0 atom stereocenters. The summed E-state index contributed by atoms with van der Waals surface area (Å²) in [6.07, 6.45) is -1.90. The van der Waals surface area contributed by atoms with Crippen molar-refractivity contribution in [3.8, 4) is 0 Å². The molecule has 1 heterocycles. The predicted octanol–water partition coefficient (Wildman–Crippen LogP) is 2.27. The first-order valence-electron chi connectivity index (χ1n) is 5.30. The lowest BCUT2D eigenvalue weighted by molar-refractivity contribution is -0.138. The van der Waals surface area contributed by atoms with Gasteiger partial charge in [-0.2, -0.15) is 13.2 Å². The number of alkyl halides is 3. The van der Waals surface area contributed by atoms with Gasteiger partial charge in [0, 0.05) is 6.04 Å². The zero-order chi connectivity index (χ0) is 12.5. The van der Waals surface area contributed by atoms with Gasteiger partial charge in [0.1, 0.15) is 0 Å². The van der Waals surface area contributed by atoms with E-state index < -0.39 is 11.2 Å². The Labute approximate surface area is 99.9 Å². The van der Waals surface area contributed by atoms with Crippen LogP contribution in [0.5, 0.6) is 0 Å². The van der Waals surface area contributed by atoms with Gasteiger partial charge in [-0.3, -0.25) is 0 Å². The van der Waals surface area contributed by atoms with E-state index in [0.29, 0.717) is 24.2 Å². The summed E-state index contributed by atoms with van der Waals surface area (Å²) >= 11 is 0.513. The number of nitrogens with zero attached hydrogens (tertiary/aromatic N) is 2. The van der Waals surface area contributed by atoms with Crippen LogP contribution in [0.3, 0.4) is 0 Å². The molecule has 1 aliphatic carbocycles. The minimum atomic E-state index is -4.43. The van der Waals surface area contributed by atoms with Crippen LogP contribution in [0.2, 0.25) is 0 Å². The molecule has 0 aliphatic heterocycles. The van der Waals surface area contributed by atoms with Crippen LogP contribution < -0.4 is 5.32 Å². The Kier molecular flexibility index (Phi) is 3.53. The van der Waals surface area contributed by atoms with Crippen molar-refractivity contribution in [2.24, 2.45) is 0 Å². The maximum atomic E-state index is 12.3. The highest BCUT2D eigenvalue weighted by Crippen LogP contribution is 2.33. The number of aliphatic hydroxyl groups excluding tert-OH is 1. The van der Waals surface area contributed by atoms with Gasteiger partial charge in [-0.15, -0.1) is 10.2 Å². The summed E-state index contributed by atoms with van der Waals surface area (Å²) < 4.78 is 36.8. The zero-order valence-electron chi connectivity index (χ0n) is 8.87. The van der Waals surface area contributed by atoms with Gasteiger partial charge in [-0.05, 0) is 25.7 Å². The summed E-state index contributed by atoms with van der Waals surface area (Å²) in [5.74, 6) is 0. The molecule has 2 rings (SSSR count). The van der Waals surface area contributed by atoms with E-state index in [4.69, 9.17) is 0 Å². The van der Waals surface area contributed by atoms with E-state index in [1.165, 1.54) is 0 Å². The van der Waals surface area contributed by atoms with Crippen LogP contribution in [0.1, 0.15) is 30.7 Å². The number of aromatic nitrogens is 2. The normalized spacial score (nSPS) is 25.9. The summed E-state index contributed by atoms with van der Waals surface area (Å²) in [5, 5.41) is 18.1. The SMILES string of the molecule is OC1CCC(Nc2nnc(C(F)(F)F)s2)CC1. The molecule has 1 saturated carbocycles. The van der Waals surface area contributed by atoms with Gasteiger partial charge < -0.3 is 10.4 Å². The number of aliphatic hydroxyl groups is 1. The third-order valence-corrected chi connectivity index (χ3v) is 3.59. The molecule has 1 aromatic rings. The van der Waals surface area contributed by atoms with E-state index in [0.717, 1.165) is 12.8 Å². The van der Waals surface area contributed by atoms with Crippen molar-refractivity contribution < 1.29 is 18.3 Å². The molecule has 96 valence electrons. The molecule has 0 radical (unpaired) electrons. The highest BCUT2D eigenvalue weighted by Gasteiger charge is 2.35. The van der Waals surface area contributed by atoms with E-state index in [1.807, 2.05) is 0 Å². The van der Waals surface area contributed by atoms with Crippen LogP contribution in [-0.4, -0.2) is 27.4 Å². The van der Waals surface area contributed by atoms with E-state index >= 15 is 0 Å². The maximum absolute atomic E-state index is 12.3. The molecule has 1 aromatic heterocycles. The van der Waals surface area contributed by atoms with Gasteiger partial charge in [-0.25, -0.2) is 0 Å². The predicted molar refractivity (Wildman–Crippen MR) is 56.8 cm³/mol. The Hall–Kier alpha value is -0.890. The molecule has 0 saturated heterocycles. The molecular formula is C9H12F3N3OS. The van der Waals surface area contributed by atoms with Gasteiger partial charge in [0.25, 0.3) is 0 Å². The number of anilines is 1. The Bertz CT molecular complexity index is 374. The molecule has 0 spiro atoms. The lowest BCUT2D eigenvalue weighted by atomic mass is 9.93. The molecule has 4 nitrogen and oxygen atoms in total. The summed E-state index contributed by atoms with van der Waals surface area (Å²) in [6.45, 7) is 0. The molecule has 1 aliphatic rings. The van der Waals surface area contributed by atoms with Crippen molar-refractivity contribution in [1.29, 1.82) is 0 Å². The monoisotopic (exact) mass is 267 g/mol. The van der Waals surface area contributed by atoms with Crippen LogP contribution in [-0.2, 0) is 6.18 Å². The Balaban J connectivity index is 1.93. The second kappa shape index (κ2) is 4.77. The number of hydrogen-bond acceptors (Lipinski definition) is 5. The first-order chi connectivity index (χ1) is 7.95. The molecular weight excluding hydrogens is 255 g/mol. The minimum absolute atomic E-state index is 0.0763. The second-order valence-electron chi connectivity index (χ2n) is 4.06. The topological polar surface area (TPSA) is 58.0 Å². The molecule has 2 N–H and O–H groups in total. The molecule has 8 heteroatoms. The van der Waals surface area contributed by atoms with Gasteiger partial charge in [0.05, 0.1) is 6.10 Å². The lowest BCUT2D eigenvalue weighted by Gasteiger charge is -2.25. The average molecular weight is 267 g/mol. The highest BCUT2D eigenvalue weighted by molar-refractivity contribution is 7.15. The molecule has 1 fully saturated rings. The number of rotatable bonds is 2. The maximum Gasteiger partial charge on any atom is 0.445 e. The summed E-state index contributed by atoms with van der Waals surface area (Å²) in [4.78, 5) is 0. The van der Waals surface area contributed by atoms with Gasteiger partial charge in [-0.1, -0.05) is 11.3 Å². The largest absolute Gasteiger partial charge is 0.445 e. The van der Waals surface area contributed by atoms with E-state index in [9.17, 15) is 18.3 Å². The van der Waals surface area contributed by atoms with E-state index in [1.54, 1.807) is 0 Å². The first-order valence-corrected chi connectivity index (χ1v) is 6.12. The Morgan fingerprint density at radius 3 is 2.35 bits per heavy atom. The van der Waals surface area contributed by atoms with E-state index in [-0.39, 0.29) is 17.3 Å². The summed E-state index contributed by atoms with van der Waals surface area (Å²) in [7, 11) is 0. The van der Waals surface area contributed by atoms with Crippen LogP contribution in [0.15, 0.2) is 0 Å². The lowest BCUT2D eigenvalue weighted by Crippen LogP contribution is -2.28. The number of hydrogen-bond donors (Lipinski definition) is 2. The van der Waals surface area contributed by atoms with Crippen molar-refractivity contribution in [1.82, 2.24) is 10.2 Å². The standard InChI is InChI=1S/C9H12F3N3OS/c10-9(11,12)7-14-15-8(17-7)13-5-1-3-6(16)4-2-5/h5-6,16H,1-4H2,(H,13,15). The van der Waals surface area contributed by atoms with Crippen molar-refractivity contribution in [3.63, 3.8) is 0 Å². The fourth-order valence-electron chi connectivity index (χ4n) is 1.79. The smallest absolute Gasteiger partial charge is 0.393 e. The van der Waals surface area contributed by atoms with Gasteiger partial charge >= 0.3 is 6.18 Å². The second-order valence-corrected chi connectivity index (χ2v) is 5.04. The molecule has 0 unspecified atom stereocenters.